The summed E-state index contributed by atoms with van der Waals surface area (Å²) in [6.07, 6.45) is -0.134. The maximum Gasteiger partial charge on any atom is 0.404 e. The van der Waals surface area contributed by atoms with E-state index >= 15 is 0 Å². The van der Waals surface area contributed by atoms with Gasteiger partial charge in [-0.3, -0.25) is 0 Å². The van der Waals surface area contributed by atoms with Crippen molar-refractivity contribution in [3.05, 3.63) is 0 Å². The molecule has 4 heteroatoms. The number of hydrogen-bond acceptors (Lipinski definition) is 3. The minimum absolute atomic E-state index is 0.141. The SMILES string of the molecule is NC(=O)OC1CC(O)C1. The summed E-state index contributed by atoms with van der Waals surface area (Å²) in [5.41, 5.74) is 4.71. The molecule has 9 heavy (non-hydrogen) atoms. The Morgan fingerprint density at radius 3 is 2.56 bits per heavy atom. The summed E-state index contributed by atoms with van der Waals surface area (Å²) in [5.74, 6) is 0. The van der Waals surface area contributed by atoms with Crippen molar-refractivity contribution in [2.75, 3.05) is 0 Å². The minimum Gasteiger partial charge on any atom is -0.446 e. The predicted molar refractivity (Wildman–Crippen MR) is 29.7 cm³/mol. The van der Waals surface area contributed by atoms with Crippen LogP contribution in [-0.4, -0.2) is 23.4 Å². The van der Waals surface area contributed by atoms with E-state index in [1.54, 1.807) is 0 Å². The average Bonchev–Trinajstić information content (AvgIpc) is 1.60. The van der Waals surface area contributed by atoms with E-state index in [9.17, 15) is 4.79 Å². The molecule has 0 aliphatic heterocycles. The number of aliphatic hydroxyl groups is 1. The highest BCUT2D eigenvalue weighted by molar-refractivity contribution is 5.64. The summed E-state index contributed by atoms with van der Waals surface area (Å²) in [7, 11) is 0. The maximum absolute atomic E-state index is 10.0. The van der Waals surface area contributed by atoms with Gasteiger partial charge < -0.3 is 15.6 Å². The first-order valence-electron chi connectivity index (χ1n) is 2.82. The van der Waals surface area contributed by atoms with Gasteiger partial charge >= 0.3 is 6.09 Å². The lowest BCUT2D eigenvalue weighted by atomic mass is 9.92. The third kappa shape index (κ3) is 1.57. The Hall–Kier alpha value is -0.770. The van der Waals surface area contributed by atoms with Gasteiger partial charge in [0.2, 0.25) is 0 Å². The van der Waals surface area contributed by atoms with E-state index in [0.717, 1.165) is 0 Å². The molecule has 0 heterocycles. The molecule has 0 atom stereocenters. The standard InChI is InChI=1S/C5H9NO3/c6-5(8)9-4-1-3(7)2-4/h3-4,7H,1-2H2,(H2,6,8). The van der Waals surface area contributed by atoms with E-state index < -0.39 is 6.09 Å². The number of rotatable bonds is 1. The van der Waals surface area contributed by atoms with E-state index in [4.69, 9.17) is 10.8 Å². The van der Waals surface area contributed by atoms with Gasteiger partial charge in [-0.2, -0.15) is 0 Å². The van der Waals surface area contributed by atoms with Gasteiger partial charge in [0.15, 0.2) is 0 Å². The first-order valence-corrected chi connectivity index (χ1v) is 2.82. The van der Waals surface area contributed by atoms with Crippen LogP contribution in [0.25, 0.3) is 0 Å². The van der Waals surface area contributed by atoms with Crippen molar-refractivity contribution in [1.82, 2.24) is 0 Å². The predicted octanol–water partition coefficient (Wildman–Crippen LogP) is -0.395. The Bertz CT molecular complexity index is 119. The molecule has 0 saturated heterocycles. The van der Waals surface area contributed by atoms with Gasteiger partial charge in [-0.1, -0.05) is 0 Å². The number of amides is 1. The molecule has 1 rings (SSSR count). The third-order valence-electron chi connectivity index (χ3n) is 1.35. The Morgan fingerprint density at radius 2 is 2.22 bits per heavy atom. The fraction of sp³-hybridized carbons (Fsp3) is 0.800. The van der Waals surface area contributed by atoms with Gasteiger partial charge in [-0.05, 0) is 0 Å². The number of primary amides is 1. The largest absolute Gasteiger partial charge is 0.446 e. The average molecular weight is 131 g/mol. The van der Waals surface area contributed by atoms with Crippen molar-refractivity contribution >= 4 is 6.09 Å². The molecule has 4 nitrogen and oxygen atoms in total. The molecule has 0 aromatic carbocycles. The van der Waals surface area contributed by atoms with E-state index in [-0.39, 0.29) is 12.2 Å². The van der Waals surface area contributed by atoms with Crippen molar-refractivity contribution in [1.29, 1.82) is 0 Å². The molecule has 3 N–H and O–H groups in total. The fourth-order valence-corrected chi connectivity index (χ4v) is 0.798. The summed E-state index contributed by atoms with van der Waals surface area (Å²) in [5, 5.41) is 8.70. The summed E-state index contributed by atoms with van der Waals surface area (Å²) in [6.45, 7) is 0. The summed E-state index contributed by atoms with van der Waals surface area (Å²) in [4.78, 5) is 10.0. The number of ether oxygens (including phenoxy) is 1. The summed E-state index contributed by atoms with van der Waals surface area (Å²) < 4.78 is 4.54. The second kappa shape index (κ2) is 2.23. The molecule has 0 aromatic rings. The normalized spacial score (nSPS) is 33.0. The van der Waals surface area contributed by atoms with Crippen molar-refractivity contribution in [3.63, 3.8) is 0 Å². The fourth-order valence-electron chi connectivity index (χ4n) is 0.798. The molecule has 52 valence electrons. The van der Waals surface area contributed by atoms with Crippen LogP contribution >= 0.6 is 0 Å². The molecule has 1 fully saturated rings. The second-order valence-electron chi connectivity index (χ2n) is 2.18. The molecule has 0 radical (unpaired) electrons. The zero-order valence-electron chi connectivity index (χ0n) is 4.91. The molecule has 0 spiro atoms. The van der Waals surface area contributed by atoms with Gasteiger partial charge in [0.1, 0.15) is 6.10 Å². The topological polar surface area (TPSA) is 72.6 Å². The zero-order chi connectivity index (χ0) is 6.85. The molecule has 1 amide bonds. The van der Waals surface area contributed by atoms with Crippen LogP contribution in [0.4, 0.5) is 4.79 Å². The molecule has 1 aliphatic rings. The summed E-state index contributed by atoms with van der Waals surface area (Å²) in [6, 6.07) is 0. The number of aliphatic hydroxyl groups excluding tert-OH is 1. The quantitative estimate of drug-likeness (QED) is 0.508. The monoisotopic (exact) mass is 131 g/mol. The first kappa shape index (κ1) is 6.35. The van der Waals surface area contributed by atoms with Gasteiger partial charge in [-0.15, -0.1) is 0 Å². The molecule has 0 aromatic heterocycles. The van der Waals surface area contributed by atoms with Crippen molar-refractivity contribution in [2.24, 2.45) is 5.73 Å². The lowest BCUT2D eigenvalue weighted by Gasteiger charge is -2.29. The van der Waals surface area contributed by atoms with E-state index in [1.807, 2.05) is 0 Å². The van der Waals surface area contributed by atoms with Gasteiger partial charge in [0.05, 0.1) is 6.10 Å². The van der Waals surface area contributed by atoms with Crippen LogP contribution in [-0.2, 0) is 4.74 Å². The highest BCUT2D eigenvalue weighted by Gasteiger charge is 2.29. The van der Waals surface area contributed by atoms with Crippen molar-refractivity contribution in [2.45, 2.75) is 25.0 Å². The lowest BCUT2D eigenvalue weighted by molar-refractivity contribution is -0.0321. The van der Waals surface area contributed by atoms with Crippen LogP contribution in [0.15, 0.2) is 0 Å². The van der Waals surface area contributed by atoms with Crippen molar-refractivity contribution in [3.8, 4) is 0 Å². The first-order chi connectivity index (χ1) is 4.18. The van der Waals surface area contributed by atoms with Crippen LogP contribution in [0.2, 0.25) is 0 Å². The molecule has 1 aliphatic carbocycles. The van der Waals surface area contributed by atoms with Crippen LogP contribution in [0, 0.1) is 0 Å². The Balaban J connectivity index is 2.11. The van der Waals surface area contributed by atoms with Crippen molar-refractivity contribution < 1.29 is 14.6 Å². The highest BCUT2D eigenvalue weighted by atomic mass is 16.6. The Labute approximate surface area is 52.6 Å². The molecule has 0 bridgehead atoms. The van der Waals surface area contributed by atoms with E-state index in [0.29, 0.717) is 12.8 Å². The number of carbonyl (C=O) groups excluding carboxylic acids is 1. The van der Waals surface area contributed by atoms with E-state index in [1.165, 1.54) is 0 Å². The molecular formula is C5H9NO3. The zero-order valence-corrected chi connectivity index (χ0v) is 4.91. The highest BCUT2D eigenvalue weighted by Crippen LogP contribution is 2.22. The van der Waals surface area contributed by atoms with E-state index in [2.05, 4.69) is 4.74 Å². The maximum atomic E-state index is 10.0. The minimum atomic E-state index is -0.758. The van der Waals surface area contributed by atoms with Crippen LogP contribution in [0.5, 0.6) is 0 Å². The number of carbonyl (C=O) groups is 1. The van der Waals surface area contributed by atoms with Gasteiger partial charge in [0, 0.05) is 12.8 Å². The number of hydrogen-bond donors (Lipinski definition) is 2. The Kier molecular flexibility index (Phi) is 1.57. The molecule has 0 unspecified atom stereocenters. The second-order valence-corrected chi connectivity index (χ2v) is 2.18. The lowest BCUT2D eigenvalue weighted by Crippen LogP contribution is -2.38. The van der Waals surface area contributed by atoms with Gasteiger partial charge in [0.25, 0.3) is 0 Å². The third-order valence-corrected chi connectivity index (χ3v) is 1.35. The van der Waals surface area contributed by atoms with Crippen LogP contribution in [0.1, 0.15) is 12.8 Å². The van der Waals surface area contributed by atoms with Crippen LogP contribution in [0.3, 0.4) is 0 Å². The van der Waals surface area contributed by atoms with Gasteiger partial charge in [-0.25, -0.2) is 4.79 Å². The Morgan fingerprint density at radius 1 is 1.67 bits per heavy atom. The number of nitrogens with two attached hydrogens (primary N) is 1. The summed E-state index contributed by atoms with van der Waals surface area (Å²) >= 11 is 0. The molecule has 1 saturated carbocycles. The van der Waals surface area contributed by atoms with Crippen LogP contribution < -0.4 is 5.73 Å². The molecular weight excluding hydrogens is 122 g/mol. The smallest absolute Gasteiger partial charge is 0.404 e.